The first kappa shape index (κ1) is 18.0. The fourth-order valence-corrected chi connectivity index (χ4v) is 3.18. The van der Waals surface area contributed by atoms with Gasteiger partial charge in [0, 0.05) is 38.6 Å². The quantitative estimate of drug-likeness (QED) is 0.674. The molecule has 28 heavy (non-hydrogen) atoms. The summed E-state index contributed by atoms with van der Waals surface area (Å²) in [6, 6.07) is 15.1. The zero-order chi connectivity index (χ0) is 19.3. The van der Waals surface area contributed by atoms with Crippen molar-refractivity contribution in [1.29, 1.82) is 0 Å². The molecule has 1 atom stereocenters. The molecule has 1 saturated heterocycles. The Hall–Kier alpha value is -3.42. The number of nitrogens with zero attached hydrogens (tertiary/aromatic N) is 6. The van der Waals surface area contributed by atoms with E-state index in [1.165, 1.54) is 0 Å². The van der Waals surface area contributed by atoms with Crippen molar-refractivity contribution in [3.63, 3.8) is 0 Å². The molecule has 0 bridgehead atoms. The summed E-state index contributed by atoms with van der Waals surface area (Å²) in [6.07, 6.45) is 3.02. The molecule has 2 aromatic heterocycles. The van der Waals surface area contributed by atoms with Crippen molar-refractivity contribution < 1.29 is 9.53 Å². The molecular formula is C20H22N6O2. The summed E-state index contributed by atoms with van der Waals surface area (Å²) < 4.78 is 7.42. The van der Waals surface area contributed by atoms with Crippen LogP contribution in [-0.4, -0.2) is 63.1 Å². The summed E-state index contributed by atoms with van der Waals surface area (Å²) in [4.78, 5) is 16.6. The predicted molar refractivity (Wildman–Crippen MR) is 104 cm³/mol. The number of benzene rings is 1. The van der Waals surface area contributed by atoms with Crippen molar-refractivity contribution in [2.24, 2.45) is 0 Å². The van der Waals surface area contributed by atoms with Gasteiger partial charge in [-0.05, 0) is 37.3 Å². The highest BCUT2D eigenvalue weighted by Gasteiger charge is 2.26. The first-order valence-corrected chi connectivity index (χ1v) is 9.30. The predicted octanol–water partition coefficient (Wildman–Crippen LogP) is 1.78. The molecule has 0 N–H and O–H groups in total. The van der Waals surface area contributed by atoms with Gasteiger partial charge in [0.15, 0.2) is 17.7 Å². The molecule has 0 saturated carbocycles. The fraction of sp³-hybridized carbons (Fsp3) is 0.300. The normalized spacial score (nSPS) is 15.3. The lowest BCUT2D eigenvalue weighted by Crippen LogP contribution is -2.52. The average Bonchev–Trinajstić information content (AvgIpc) is 3.29. The zero-order valence-corrected chi connectivity index (χ0v) is 15.7. The first-order chi connectivity index (χ1) is 13.7. The third kappa shape index (κ3) is 3.95. The maximum atomic E-state index is 12.7. The van der Waals surface area contributed by atoms with E-state index in [0.717, 1.165) is 5.82 Å². The third-order valence-corrected chi connectivity index (χ3v) is 4.69. The summed E-state index contributed by atoms with van der Waals surface area (Å²) in [5, 5.41) is 12.7. The average molecular weight is 378 g/mol. The minimum absolute atomic E-state index is 0.00335. The lowest BCUT2D eigenvalue weighted by atomic mass is 10.2. The molecule has 1 aromatic carbocycles. The largest absolute Gasteiger partial charge is 0.481 e. The van der Waals surface area contributed by atoms with Crippen LogP contribution in [0.25, 0.3) is 5.82 Å². The Labute approximate surface area is 163 Å². The maximum Gasteiger partial charge on any atom is 0.263 e. The smallest absolute Gasteiger partial charge is 0.263 e. The lowest BCUT2D eigenvalue weighted by molar-refractivity contribution is -0.138. The molecule has 3 aromatic rings. The van der Waals surface area contributed by atoms with Gasteiger partial charge >= 0.3 is 0 Å². The van der Waals surface area contributed by atoms with E-state index in [9.17, 15) is 4.79 Å². The number of anilines is 1. The number of piperazine rings is 1. The number of ether oxygens (including phenoxy) is 1. The Bertz CT molecular complexity index is 890. The minimum atomic E-state index is -0.512. The Kier molecular flexibility index (Phi) is 5.18. The second-order valence-corrected chi connectivity index (χ2v) is 6.59. The minimum Gasteiger partial charge on any atom is -0.481 e. The summed E-state index contributed by atoms with van der Waals surface area (Å²) in [6.45, 7) is 4.47. The van der Waals surface area contributed by atoms with Crippen LogP contribution in [0.2, 0.25) is 0 Å². The van der Waals surface area contributed by atoms with Gasteiger partial charge in [-0.3, -0.25) is 4.79 Å². The number of rotatable bonds is 5. The summed E-state index contributed by atoms with van der Waals surface area (Å²) in [5.41, 5.74) is 0. The lowest BCUT2D eigenvalue weighted by Gasteiger charge is -2.36. The van der Waals surface area contributed by atoms with E-state index in [0.29, 0.717) is 37.7 Å². The molecule has 4 rings (SSSR count). The third-order valence-electron chi connectivity index (χ3n) is 4.69. The van der Waals surface area contributed by atoms with Gasteiger partial charge in [0.1, 0.15) is 5.75 Å². The van der Waals surface area contributed by atoms with Crippen LogP contribution in [0.15, 0.2) is 60.9 Å². The maximum absolute atomic E-state index is 12.7. The van der Waals surface area contributed by atoms with E-state index < -0.39 is 6.10 Å². The van der Waals surface area contributed by atoms with E-state index in [1.54, 1.807) is 17.8 Å². The van der Waals surface area contributed by atoms with Crippen LogP contribution in [0.4, 0.5) is 5.82 Å². The molecular weight excluding hydrogens is 356 g/mol. The van der Waals surface area contributed by atoms with Gasteiger partial charge in [0.2, 0.25) is 0 Å². The number of aromatic nitrogens is 4. The number of para-hydroxylation sites is 1. The molecule has 0 unspecified atom stereocenters. The Morgan fingerprint density at radius 2 is 1.68 bits per heavy atom. The van der Waals surface area contributed by atoms with Gasteiger partial charge in [0.25, 0.3) is 5.91 Å². The van der Waals surface area contributed by atoms with Gasteiger partial charge < -0.3 is 14.5 Å². The summed E-state index contributed by atoms with van der Waals surface area (Å²) in [7, 11) is 0. The molecule has 1 amide bonds. The van der Waals surface area contributed by atoms with Crippen molar-refractivity contribution >= 4 is 11.7 Å². The molecule has 1 aliphatic heterocycles. The molecule has 0 aliphatic carbocycles. The van der Waals surface area contributed by atoms with Crippen LogP contribution in [0.3, 0.4) is 0 Å². The highest BCUT2D eigenvalue weighted by Crippen LogP contribution is 2.16. The summed E-state index contributed by atoms with van der Waals surface area (Å²) >= 11 is 0. The van der Waals surface area contributed by atoms with Gasteiger partial charge in [-0.1, -0.05) is 18.2 Å². The van der Waals surface area contributed by atoms with Gasteiger partial charge in [-0.25, -0.2) is 4.68 Å². The molecule has 3 heterocycles. The van der Waals surface area contributed by atoms with Crippen molar-refractivity contribution in [3.05, 3.63) is 60.9 Å². The molecule has 144 valence electrons. The Morgan fingerprint density at radius 1 is 0.964 bits per heavy atom. The number of hydrogen-bond acceptors (Lipinski definition) is 6. The van der Waals surface area contributed by atoms with Crippen LogP contribution in [0.1, 0.15) is 6.92 Å². The van der Waals surface area contributed by atoms with Crippen LogP contribution in [0, 0.1) is 0 Å². The van der Waals surface area contributed by atoms with Crippen molar-refractivity contribution in [2.45, 2.75) is 13.0 Å². The SMILES string of the molecule is C[C@@H](Oc1ccccc1)C(=O)N1CCN(c2ccc(-n3cccn3)nn2)CC1. The first-order valence-electron chi connectivity index (χ1n) is 9.30. The topological polar surface area (TPSA) is 76.4 Å². The molecule has 8 nitrogen and oxygen atoms in total. The molecule has 1 fully saturated rings. The Morgan fingerprint density at radius 3 is 2.32 bits per heavy atom. The van der Waals surface area contributed by atoms with Crippen molar-refractivity contribution in [1.82, 2.24) is 24.9 Å². The van der Waals surface area contributed by atoms with Crippen LogP contribution in [-0.2, 0) is 4.79 Å². The molecule has 1 aliphatic rings. The molecule has 8 heteroatoms. The van der Waals surface area contributed by atoms with Gasteiger partial charge in [-0.2, -0.15) is 5.10 Å². The van der Waals surface area contributed by atoms with Crippen LogP contribution < -0.4 is 9.64 Å². The number of hydrogen-bond donors (Lipinski definition) is 0. The van der Waals surface area contributed by atoms with E-state index in [1.807, 2.05) is 59.6 Å². The van der Waals surface area contributed by atoms with E-state index in [4.69, 9.17) is 4.74 Å². The monoisotopic (exact) mass is 378 g/mol. The van der Waals surface area contributed by atoms with Gasteiger partial charge in [0.05, 0.1) is 0 Å². The van der Waals surface area contributed by atoms with Gasteiger partial charge in [-0.15, -0.1) is 10.2 Å². The molecule has 0 radical (unpaired) electrons. The fourth-order valence-electron chi connectivity index (χ4n) is 3.18. The Balaban J connectivity index is 1.32. The highest BCUT2D eigenvalue weighted by molar-refractivity contribution is 5.81. The van der Waals surface area contributed by atoms with E-state index in [2.05, 4.69) is 20.2 Å². The number of amides is 1. The van der Waals surface area contributed by atoms with Crippen LogP contribution in [0.5, 0.6) is 5.75 Å². The van der Waals surface area contributed by atoms with Crippen LogP contribution >= 0.6 is 0 Å². The number of carbonyl (C=O) groups is 1. The molecule has 0 spiro atoms. The van der Waals surface area contributed by atoms with E-state index in [-0.39, 0.29) is 5.91 Å². The van der Waals surface area contributed by atoms with E-state index >= 15 is 0 Å². The highest BCUT2D eigenvalue weighted by atomic mass is 16.5. The van der Waals surface area contributed by atoms with Crippen molar-refractivity contribution in [3.8, 4) is 11.6 Å². The van der Waals surface area contributed by atoms with Crippen molar-refractivity contribution in [2.75, 3.05) is 31.1 Å². The summed E-state index contributed by atoms with van der Waals surface area (Å²) in [5.74, 6) is 2.18. The second kappa shape index (κ2) is 8.08. The second-order valence-electron chi connectivity index (χ2n) is 6.59. The zero-order valence-electron chi connectivity index (χ0n) is 15.7. The number of carbonyl (C=O) groups excluding carboxylic acids is 1. The standard InChI is InChI=1S/C20H22N6O2/c1-16(28-17-6-3-2-4-7-17)20(27)25-14-12-24(13-15-25)18-8-9-19(23-22-18)26-11-5-10-21-26/h2-11,16H,12-15H2,1H3/t16-/m1/s1.